The van der Waals surface area contributed by atoms with Gasteiger partial charge in [-0.3, -0.25) is 4.79 Å². The molecule has 0 aliphatic rings. The van der Waals surface area contributed by atoms with Gasteiger partial charge in [-0.2, -0.15) is 0 Å². The second-order valence-corrected chi connectivity index (χ2v) is 4.96. The van der Waals surface area contributed by atoms with E-state index in [1.807, 2.05) is 13.8 Å². The molecule has 0 aliphatic heterocycles. The van der Waals surface area contributed by atoms with Crippen molar-refractivity contribution in [1.29, 1.82) is 0 Å². The van der Waals surface area contributed by atoms with Crippen molar-refractivity contribution in [3.63, 3.8) is 0 Å². The topological polar surface area (TPSA) is 64.8 Å². The Labute approximate surface area is 111 Å². The number of rotatable bonds is 9. The van der Waals surface area contributed by atoms with Gasteiger partial charge in [-0.25, -0.2) is 0 Å². The zero-order valence-electron chi connectivity index (χ0n) is 12.4. The summed E-state index contributed by atoms with van der Waals surface area (Å²) in [5.74, 6) is -0.0362. The molecule has 2 atom stereocenters. The Morgan fingerprint density at radius 3 is 2.44 bits per heavy atom. The molecule has 2 unspecified atom stereocenters. The Morgan fingerprint density at radius 1 is 1.39 bits per heavy atom. The third-order valence-electron chi connectivity index (χ3n) is 3.00. The number of carbonyl (C=O) groups is 1. The molecule has 0 rings (SSSR count). The van der Waals surface area contributed by atoms with Crippen LogP contribution in [0.15, 0.2) is 0 Å². The van der Waals surface area contributed by atoms with Crippen LogP contribution >= 0.6 is 0 Å². The molecule has 0 saturated heterocycles. The van der Waals surface area contributed by atoms with Gasteiger partial charge < -0.3 is 20.1 Å². The zero-order valence-corrected chi connectivity index (χ0v) is 12.4. The molecule has 0 aromatic rings. The molecule has 0 heterocycles. The molecular weight excluding hydrogens is 232 g/mol. The van der Waals surface area contributed by atoms with E-state index in [0.29, 0.717) is 26.2 Å². The van der Waals surface area contributed by atoms with Crippen LogP contribution in [-0.4, -0.2) is 56.4 Å². The lowest BCUT2D eigenvalue weighted by Crippen LogP contribution is -2.57. The van der Waals surface area contributed by atoms with E-state index in [1.54, 1.807) is 26.0 Å². The molecule has 2 N–H and O–H groups in total. The summed E-state index contributed by atoms with van der Waals surface area (Å²) in [5.41, 5.74) is 5.29. The number of ether oxygens (including phenoxy) is 2. The standard InChI is InChI=1S/C13H28N2O3/c1-6-7-13(3,14)12(16)15(8-9-17-4)11(2)10-18-5/h11H,6-10,14H2,1-5H3. The summed E-state index contributed by atoms with van der Waals surface area (Å²) in [6, 6.07) is -0.00242. The molecule has 0 aromatic carbocycles. The molecule has 0 saturated carbocycles. The lowest BCUT2D eigenvalue weighted by atomic mass is 9.95. The van der Waals surface area contributed by atoms with Gasteiger partial charge in [0, 0.05) is 20.8 Å². The maximum Gasteiger partial charge on any atom is 0.242 e. The Hall–Kier alpha value is -0.650. The molecule has 1 amide bonds. The number of hydrogen-bond donors (Lipinski definition) is 1. The van der Waals surface area contributed by atoms with Crippen LogP contribution in [0.2, 0.25) is 0 Å². The van der Waals surface area contributed by atoms with Crippen molar-refractivity contribution >= 4 is 5.91 Å². The van der Waals surface area contributed by atoms with Gasteiger partial charge in [-0.15, -0.1) is 0 Å². The van der Waals surface area contributed by atoms with Crippen LogP contribution in [0.3, 0.4) is 0 Å². The molecule has 0 aliphatic carbocycles. The smallest absolute Gasteiger partial charge is 0.242 e. The van der Waals surface area contributed by atoms with Crippen LogP contribution in [0.5, 0.6) is 0 Å². The minimum atomic E-state index is -0.815. The first kappa shape index (κ1) is 17.4. The van der Waals surface area contributed by atoms with Crippen LogP contribution in [0.4, 0.5) is 0 Å². The van der Waals surface area contributed by atoms with Crippen molar-refractivity contribution < 1.29 is 14.3 Å². The number of carbonyl (C=O) groups excluding carboxylic acids is 1. The first-order valence-electron chi connectivity index (χ1n) is 6.48. The summed E-state index contributed by atoms with van der Waals surface area (Å²) in [6.07, 6.45) is 1.56. The quantitative estimate of drug-likeness (QED) is 0.672. The van der Waals surface area contributed by atoms with Gasteiger partial charge in [0.05, 0.1) is 24.8 Å². The highest BCUT2D eigenvalue weighted by Crippen LogP contribution is 2.15. The minimum Gasteiger partial charge on any atom is -0.383 e. The van der Waals surface area contributed by atoms with Gasteiger partial charge in [-0.05, 0) is 20.3 Å². The monoisotopic (exact) mass is 260 g/mol. The van der Waals surface area contributed by atoms with E-state index >= 15 is 0 Å². The summed E-state index contributed by atoms with van der Waals surface area (Å²) in [7, 11) is 3.25. The van der Waals surface area contributed by atoms with Gasteiger partial charge in [0.25, 0.3) is 0 Å². The third-order valence-corrected chi connectivity index (χ3v) is 3.00. The van der Waals surface area contributed by atoms with E-state index < -0.39 is 5.54 Å². The summed E-state index contributed by atoms with van der Waals surface area (Å²) < 4.78 is 10.2. The molecular formula is C13H28N2O3. The van der Waals surface area contributed by atoms with E-state index in [4.69, 9.17) is 15.2 Å². The number of amides is 1. The average molecular weight is 260 g/mol. The largest absolute Gasteiger partial charge is 0.383 e. The lowest BCUT2D eigenvalue weighted by molar-refractivity contribution is -0.140. The van der Waals surface area contributed by atoms with Crippen LogP contribution in [0.1, 0.15) is 33.6 Å². The van der Waals surface area contributed by atoms with Gasteiger partial charge >= 0.3 is 0 Å². The van der Waals surface area contributed by atoms with Crippen LogP contribution in [0, 0.1) is 0 Å². The van der Waals surface area contributed by atoms with Crippen molar-refractivity contribution in [1.82, 2.24) is 4.90 Å². The summed E-state index contributed by atoms with van der Waals surface area (Å²) in [6.45, 7) is 7.31. The van der Waals surface area contributed by atoms with Crippen LogP contribution < -0.4 is 5.73 Å². The van der Waals surface area contributed by atoms with E-state index in [0.717, 1.165) is 6.42 Å². The Balaban J connectivity index is 4.77. The van der Waals surface area contributed by atoms with E-state index in [1.165, 1.54) is 0 Å². The van der Waals surface area contributed by atoms with Gasteiger partial charge in [-0.1, -0.05) is 13.3 Å². The normalized spacial score (nSPS) is 16.1. The van der Waals surface area contributed by atoms with E-state index in [2.05, 4.69) is 0 Å². The van der Waals surface area contributed by atoms with Gasteiger partial charge in [0.2, 0.25) is 5.91 Å². The zero-order chi connectivity index (χ0) is 14.2. The molecule has 0 aromatic heterocycles. The Bertz CT molecular complexity index is 244. The highest BCUT2D eigenvalue weighted by molar-refractivity contribution is 5.86. The highest BCUT2D eigenvalue weighted by Gasteiger charge is 2.33. The number of methoxy groups -OCH3 is 2. The predicted molar refractivity (Wildman–Crippen MR) is 72.4 cm³/mol. The van der Waals surface area contributed by atoms with Crippen LogP contribution in [0.25, 0.3) is 0 Å². The van der Waals surface area contributed by atoms with Crippen molar-refractivity contribution in [2.24, 2.45) is 5.73 Å². The van der Waals surface area contributed by atoms with Crippen molar-refractivity contribution in [2.75, 3.05) is 34.0 Å². The molecule has 0 bridgehead atoms. The van der Waals surface area contributed by atoms with E-state index in [-0.39, 0.29) is 11.9 Å². The SMILES string of the molecule is CCCC(C)(N)C(=O)N(CCOC)C(C)COC. The molecule has 108 valence electrons. The van der Waals surface area contributed by atoms with Crippen LogP contribution in [-0.2, 0) is 14.3 Å². The molecule has 18 heavy (non-hydrogen) atoms. The van der Waals surface area contributed by atoms with Gasteiger partial charge in [0.1, 0.15) is 0 Å². The van der Waals surface area contributed by atoms with Crippen molar-refractivity contribution in [2.45, 2.75) is 45.2 Å². The maximum atomic E-state index is 12.5. The van der Waals surface area contributed by atoms with Crippen molar-refractivity contribution in [3.05, 3.63) is 0 Å². The number of nitrogens with zero attached hydrogens (tertiary/aromatic N) is 1. The Kier molecular flexibility index (Phi) is 8.15. The Morgan fingerprint density at radius 2 is 2.00 bits per heavy atom. The first-order chi connectivity index (χ1) is 8.40. The second-order valence-electron chi connectivity index (χ2n) is 4.96. The average Bonchev–Trinajstić information content (AvgIpc) is 2.29. The molecule has 0 radical (unpaired) electrons. The third kappa shape index (κ3) is 5.33. The predicted octanol–water partition coefficient (Wildman–Crippen LogP) is 1.01. The lowest BCUT2D eigenvalue weighted by Gasteiger charge is -2.35. The summed E-state index contributed by atoms with van der Waals surface area (Å²) in [4.78, 5) is 14.2. The second kappa shape index (κ2) is 8.45. The van der Waals surface area contributed by atoms with E-state index in [9.17, 15) is 4.79 Å². The molecule has 0 fully saturated rings. The fourth-order valence-electron chi connectivity index (χ4n) is 2.00. The fourth-order valence-corrected chi connectivity index (χ4v) is 2.00. The maximum absolute atomic E-state index is 12.5. The highest BCUT2D eigenvalue weighted by atomic mass is 16.5. The fraction of sp³-hybridized carbons (Fsp3) is 0.923. The minimum absolute atomic E-state index is 0.00242. The summed E-state index contributed by atoms with van der Waals surface area (Å²) in [5, 5.41) is 0. The number of nitrogens with two attached hydrogens (primary N) is 1. The molecule has 5 nitrogen and oxygen atoms in total. The summed E-state index contributed by atoms with van der Waals surface area (Å²) >= 11 is 0. The molecule has 0 spiro atoms. The molecule has 5 heteroatoms. The first-order valence-corrected chi connectivity index (χ1v) is 6.48. The number of hydrogen-bond acceptors (Lipinski definition) is 4. The van der Waals surface area contributed by atoms with Gasteiger partial charge in [0.15, 0.2) is 0 Å². The van der Waals surface area contributed by atoms with Crippen molar-refractivity contribution in [3.8, 4) is 0 Å².